The topological polar surface area (TPSA) is 37.4 Å². The van der Waals surface area contributed by atoms with Crippen molar-refractivity contribution in [1.82, 2.24) is 9.88 Å². The number of anilines is 1. The van der Waals surface area contributed by atoms with Gasteiger partial charge in [0.05, 0.1) is 23.8 Å². The number of hydrogen-bond donors (Lipinski definition) is 1. The van der Waals surface area contributed by atoms with Crippen LogP contribution in [-0.4, -0.2) is 36.6 Å². The van der Waals surface area contributed by atoms with Crippen molar-refractivity contribution < 1.29 is 4.74 Å². The van der Waals surface area contributed by atoms with E-state index in [9.17, 15) is 0 Å². The lowest BCUT2D eigenvalue weighted by Crippen LogP contribution is -2.26. The standard InChI is InChI=1S/C29H34ClN3O/c1-4-16-33(20-22-9-7-21(5-2)8-10-22)17-6-15-31-29-25-13-11-23(30)18-28(25)32-27-14-12-24(34-3)19-26(27)29/h7-14,18-19H,4-6,15-17,20H2,1-3H3,(H,31,32). The van der Waals surface area contributed by atoms with E-state index in [4.69, 9.17) is 21.3 Å². The molecule has 178 valence electrons. The molecule has 4 aromatic rings. The third kappa shape index (κ3) is 5.81. The molecule has 0 aliphatic heterocycles. The number of halogens is 1. The summed E-state index contributed by atoms with van der Waals surface area (Å²) < 4.78 is 5.48. The van der Waals surface area contributed by atoms with Gasteiger partial charge in [-0.1, -0.05) is 49.7 Å². The fourth-order valence-corrected chi connectivity index (χ4v) is 4.62. The molecule has 0 unspecified atom stereocenters. The molecule has 1 heterocycles. The van der Waals surface area contributed by atoms with Crippen LogP contribution < -0.4 is 10.1 Å². The zero-order valence-corrected chi connectivity index (χ0v) is 21.2. The van der Waals surface area contributed by atoms with Crippen molar-refractivity contribution in [1.29, 1.82) is 0 Å². The molecule has 3 aromatic carbocycles. The lowest BCUT2D eigenvalue weighted by atomic mass is 10.1. The van der Waals surface area contributed by atoms with Gasteiger partial charge in [0, 0.05) is 35.4 Å². The third-order valence-electron chi connectivity index (χ3n) is 6.27. The minimum atomic E-state index is 0.695. The van der Waals surface area contributed by atoms with E-state index >= 15 is 0 Å². The van der Waals surface area contributed by atoms with Crippen molar-refractivity contribution in [2.45, 2.75) is 39.7 Å². The van der Waals surface area contributed by atoms with Gasteiger partial charge in [0.25, 0.3) is 0 Å². The molecule has 0 amide bonds. The first-order chi connectivity index (χ1) is 16.6. The molecule has 0 spiro atoms. The third-order valence-corrected chi connectivity index (χ3v) is 6.51. The number of aromatic nitrogens is 1. The zero-order valence-electron chi connectivity index (χ0n) is 20.4. The Kier molecular flexibility index (Phi) is 8.25. The molecule has 0 aliphatic rings. The summed E-state index contributed by atoms with van der Waals surface area (Å²) in [5.74, 6) is 0.828. The average molecular weight is 476 g/mol. The van der Waals surface area contributed by atoms with Crippen LogP contribution in [0.5, 0.6) is 5.75 Å². The van der Waals surface area contributed by atoms with Crippen LogP contribution in [0, 0.1) is 0 Å². The number of hydrogen-bond acceptors (Lipinski definition) is 4. The quantitative estimate of drug-likeness (QED) is 0.182. The first kappa shape index (κ1) is 24.3. The zero-order chi connectivity index (χ0) is 23.9. The molecule has 34 heavy (non-hydrogen) atoms. The molecule has 0 radical (unpaired) electrons. The van der Waals surface area contributed by atoms with Gasteiger partial charge in [-0.25, -0.2) is 4.98 Å². The highest BCUT2D eigenvalue weighted by Gasteiger charge is 2.11. The minimum absolute atomic E-state index is 0.695. The molecule has 4 rings (SSSR count). The normalized spacial score (nSPS) is 11.4. The van der Waals surface area contributed by atoms with Crippen molar-refractivity contribution in [3.63, 3.8) is 0 Å². The van der Waals surface area contributed by atoms with Crippen LogP contribution in [0.15, 0.2) is 60.7 Å². The Morgan fingerprint density at radius 1 is 0.882 bits per heavy atom. The lowest BCUT2D eigenvalue weighted by Gasteiger charge is -2.22. The van der Waals surface area contributed by atoms with Crippen molar-refractivity contribution in [2.24, 2.45) is 0 Å². The number of benzene rings is 3. The maximum absolute atomic E-state index is 6.26. The molecule has 0 bridgehead atoms. The van der Waals surface area contributed by atoms with Gasteiger partial charge in [-0.2, -0.15) is 0 Å². The Labute approximate surface area is 207 Å². The van der Waals surface area contributed by atoms with Crippen LogP contribution in [0.4, 0.5) is 5.69 Å². The Morgan fingerprint density at radius 2 is 1.68 bits per heavy atom. The second kappa shape index (κ2) is 11.5. The SMILES string of the molecule is CCCN(CCCNc1c2ccc(Cl)cc2nc2ccc(OC)cc12)Cc1ccc(CC)cc1. The summed E-state index contributed by atoms with van der Waals surface area (Å²) in [5.41, 5.74) is 5.70. The Hall–Kier alpha value is -2.82. The smallest absolute Gasteiger partial charge is 0.119 e. The van der Waals surface area contributed by atoms with Crippen LogP contribution in [0.2, 0.25) is 5.02 Å². The van der Waals surface area contributed by atoms with Crippen molar-refractivity contribution >= 4 is 39.1 Å². The summed E-state index contributed by atoms with van der Waals surface area (Å²) >= 11 is 6.26. The van der Waals surface area contributed by atoms with Gasteiger partial charge in [-0.3, -0.25) is 4.90 Å². The highest BCUT2D eigenvalue weighted by atomic mass is 35.5. The summed E-state index contributed by atoms with van der Waals surface area (Å²) in [7, 11) is 1.70. The summed E-state index contributed by atoms with van der Waals surface area (Å²) in [5, 5.41) is 6.55. The predicted molar refractivity (Wildman–Crippen MR) is 145 cm³/mol. The maximum atomic E-state index is 6.26. The summed E-state index contributed by atoms with van der Waals surface area (Å²) in [6.45, 7) is 8.47. The van der Waals surface area contributed by atoms with E-state index in [2.05, 4.69) is 60.5 Å². The van der Waals surface area contributed by atoms with E-state index in [1.807, 2.05) is 24.3 Å². The summed E-state index contributed by atoms with van der Waals surface area (Å²) in [6, 6.07) is 21.0. The number of ether oxygens (including phenoxy) is 1. The Bertz CT molecular complexity index is 1240. The Morgan fingerprint density at radius 3 is 2.41 bits per heavy atom. The molecule has 0 saturated heterocycles. The van der Waals surface area contributed by atoms with Gasteiger partial charge in [0.15, 0.2) is 0 Å². The van der Waals surface area contributed by atoms with Crippen LogP contribution in [0.25, 0.3) is 21.8 Å². The number of pyridine rings is 1. The molecule has 1 N–H and O–H groups in total. The highest BCUT2D eigenvalue weighted by molar-refractivity contribution is 6.31. The van der Waals surface area contributed by atoms with Gasteiger partial charge in [0.2, 0.25) is 0 Å². The predicted octanol–water partition coefficient (Wildman–Crippen LogP) is 7.33. The second-order valence-electron chi connectivity index (χ2n) is 8.76. The molecule has 4 nitrogen and oxygen atoms in total. The second-order valence-corrected chi connectivity index (χ2v) is 9.19. The van der Waals surface area contributed by atoms with Crippen LogP contribution >= 0.6 is 11.6 Å². The van der Waals surface area contributed by atoms with Gasteiger partial charge in [0.1, 0.15) is 5.75 Å². The highest BCUT2D eigenvalue weighted by Crippen LogP contribution is 2.34. The summed E-state index contributed by atoms with van der Waals surface area (Å²) in [4.78, 5) is 7.38. The van der Waals surface area contributed by atoms with E-state index in [-0.39, 0.29) is 0 Å². The van der Waals surface area contributed by atoms with E-state index in [1.54, 1.807) is 7.11 Å². The van der Waals surface area contributed by atoms with Gasteiger partial charge in [-0.05, 0) is 73.3 Å². The molecule has 0 aliphatic carbocycles. The number of fused-ring (bicyclic) bond motifs is 2. The largest absolute Gasteiger partial charge is 0.497 e. The molecule has 1 aromatic heterocycles. The average Bonchev–Trinajstić information content (AvgIpc) is 2.86. The first-order valence-corrected chi connectivity index (χ1v) is 12.6. The lowest BCUT2D eigenvalue weighted by molar-refractivity contribution is 0.265. The van der Waals surface area contributed by atoms with Crippen LogP contribution in [-0.2, 0) is 13.0 Å². The molecular formula is C29H34ClN3O. The number of aryl methyl sites for hydroxylation is 1. The number of methoxy groups -OCH3 is 1. The van der Waals surface area contributed by atoms with Gasteiger partial charge in [-0.15, -0.1) is 0 Å². The number of nitrogens with zero attached hydrogens (tertiary/aromatic N) is 2. The minimum Gasteiger partial charge on any atom is -0.497 e. The molecule has 0 saturated carbocycles. The number of nitrogens with one attached hydrogen (secondary N) is 1. The first-order valence-electron chi connectivity index (χ1n) is 12.2. The van der Waals surface area contributed by atoms with Crippen molar-refractivity contribution in [3.8, 4) is 5.75 Å². The molecule has 5 heteroatoms. The van der Waals surface area contributed by atoms with Crippen molar-refractivity contribution in [2.75, 3.05) is 32.1 Å². The van der Waals surface area contributed by atoms with Crippen LogP contribution in [0.3, 0.4) is 0 Å². The van der Waals surface area contributed by atoms with Crippen LogP contribution in [0.1, 0.15) is 37.8 Å². The molecular weight excluding hydrogens is 442 g/mol. The van der Waals surface area contributed by atoms with E-state index < -0.39 is 0 Å². The van der Waals surface area contributed by atoms with Crippen molar-refractivity contribution in [3.05, 3.63) is 76.8 Å². The Balaban J connectivity index is 1.48. The van der Waals surface area contributed by atoms with E-state index in [0.29, 0.717) is 5.02 Å². The van der Waals surface area contributed by atoms with Gasteiger partial charge < -0.3 is 10.1 Å². The summed E-state index contributed by atoms with van der Waals surface area (Å²) in [6.07, 6.45) is 3.29. The van der Waals surface area contributed by atoms with Gasteiger partial charge >= 0.3 is 0 Å². The molecule has 0 atom stereocenters. The fourth-order valence-electron chi connectivity index (χ4n) is 4.45. The monoisotopic (exact) mass is 475 g/mol. The number of rotatable bonds is 11. The van der Waals surface area contributed by atoms with E-state index in [1.165, 1.54) is 11.1 Å². The maximum Gasteiger partial charge on any atom is 0.119 e. The van der Waals surface area contributed by atoms with E-state index in [0.717, 1.165) is 78.7 Å². The fraction of sp³-hybridized carbons (Fsp3) is 0.345. The molecule has 0 fully saturated rings.